The van der Waals surface area contributed by atoms with Crippen LogP contribution in [0.15, 0.2) is 28.1 Å². The molecule has 17 heavy (non-hydrogen) atoms. The van der Waals surface area contributed by atoms with Gasteiger partial charge in [-0.1, -0.05) is 6.07 Å². The van der Waals surface area contributed by atoms with Gasteiger partial charge in [-0.05, 0) is 40.4 Å². The van der Waals surface area contributed by atoms with Crippen molar-refractivity contribution in [1.29, 1.82) is 0 Å². The predicted molar refractivity (Wildman–Crippen MR) is 79.7 cm³/mol. The van der Waals surface area contributed by atoms with Gasteiger partial charge >= 0.3 is 0 Å². The van der Waals surface area contributed by atoms with Crippen LogP contribution >= 0.6 is 38.6 Å². The number of nitrogens with one attached hydrogen (secondary N) is 1. The molecule has 5 heteroatoms. The van der Waals surface area contributed by atoms with E-state index in [1.807, 2.05) is 0 Å². The Labute approximate surface area is 118 Å². The summed E-state index contributed by atoms with van der Waals surface area (Å²) in [4.78, 5) is 3.94. The molecule has 2 nitrogen and oxygen atoms in total. The first kappa shape index (κ1) is 13.2. The van der Waals surface area contributed by atoms with Crippen LogP contribution in [0.1, 0.15) is 20.7 Å². The highest BCUT2D eigenvalue weighted by Crippen LogP contribution is 2.30. The monoisotopic (exact) mass is 330 g/mol. The van der Waals surface area contributed by atoms with E-state index in [0.29, 0.717) is 6.54 Å². The van der Waals surface area contributed by atoms with Crippen molar-refractivity contribution in [3.05, 3.63) is 42.7 Å². The number of nitrogens with two attached hydrogens (primary N) is 1. The highest BCUT2D eigenvalue weighted by molar-refractivity contribution is 9.10. The molecule has 92 valence electrons. The molecule has 0 aromatic carbocycles. The molecule has 2 aromatic heterocycles. The molecule has 0 aliphatic rings. The van der Waals surface area contributed by atoms with Gasteiger partial charge in [0, 0.05) is 32.2 Å². The van der Waals surface area contributed by atoms with Crippen molar-refractivity contribution >= 4 is 38.6 Å². The van der Waals surface area contributed by atoms with E-state index >= 15 is 0 Å². The molecular weight excluding hydrogens is 316 g/mol. The quantitative estimate of drug-likeness (QED) is 0.877. The summed E-state index contributed by atoms with van der Waals surface area (Å²) in [6, 6.07) is 6.62. The van der Waals surface area contributed by atoms with Gasteiger partial charge in [0.15, 0.2) is 0 Å². The predicted octanol–water partition coefficient (Wildman–Crippen LogP) is 3.67. The summed E-state index contributed by atoms with van der Waals surface area (Å²) in [6.45, 7) is 3.62. The number of thiophene rings is 2. The lowest BCUT2D eigenvalue weighted by atomic mass is 10.2. The lowest BCUT2D eigenvalue weighted by Crippen LogP contribution is -2.26. The minimum Gasteiger partial charge on any atom is -0.329 e. The maximum Gasteiger partial charge on any atom is 0.0542 e. The molecule has 2 rings (SSSR count). The zero-order valence-electron chi connectivity index (χ0n) is 9.57. The Morgan fingerprint density at radius 3 is 2.88 bits per heavy atom. The van der Waals surface area contributed by atoms with Crippen molar-refractivity contribution in [3.63, 3.8) is 0 Å². The molecule has 0 saturated carbocycles. The van der Waals surface area contributed by atoms with Crippen molar-refractivity contribution in [2.45, 2.75) is 19.5 Å². The number of halogens is 1. The van der Waals surface area contributed by atoms with Crippen LogP contribution in [0, 0.1) is 6.92 Å². The first-order valence-corrected chi connectivity index (χ1v) is 7.91. The molecule has 0 fully saturated rings. The SMILES string of the molecule is Cc1sc(C(CN)NCc2cccs2)cc1Br. The van der Waals surface area contributed by atoms with Gasteiger partial charge in [-0.2, -0.15) is 0 Å². The van der Waals surface area contributed by atoms with Gasteiger partial charge in [0.1, 0.15) is 0 Å². The highest BCUT2D eigenvalue weighted by Gasteiger charge is 2.13. The Hall–Kier alpha value is -0.200. The standard InChI is InChI=1S/C12H15BrN2S2/c1-8-10(13)5-12(17-8)11(6-14)15-7-9-3-2-4-16-9/h2-5,11,15H,6-7,14H2,1H3. The van der Waals surface area contributed by atoms with Gasteiger partial charge < -0.3 is 11.1 Å². The Kier molecular flexibility index (Phi) is 4.76. The van der Waals surface area contributed by atoms with Gasteiger partial charge in [-0.25, -0.2) is 0 Å². The minimum atomic E-state index is 0.243. The molecule has 0 radical (unpaired) electrons. The average Bonchev–Trinajstić information content (AvgIpc) is 2.91. The van der Waals surface area contributed by atoms with E-state index in [-0.39, 0.29) is 6.04 Å². The Morgan fingerprint density at radius 1 is 1.53 bits per heavy atom. The third kappa shape index (κ3) is 3.39. The Morgan fingerprint density at radius 2 is 2.35 bits per heavy atom. The highest BCUT2D eigenvalue weighted by atomic mass is 79.9. The smallest absolute Gasteiger partial charge is 0.0542 e. The van der Waals surface area contributed by atoms with Crippen LogP contribution in [0.5, 0.6) is 0 Å². The van der Waals surface area contributed by atoms with E-state index in [2.05, 4.69) is 51.7 Å². The number of hydrogen-bond acceptors (Lipinski definition) is 4. The second-order valence-corrected chi connectivity index (χ2v) is 6.98. The Bertz CT molecular complexity index is 445. The van der Waals surface area contributed by atoms with Crippen molar-refractivity contribution in [3.8, 4) is 0 Å². The molecule has 2 heterocycles. The fourth-order valence-corrected chi connectivity index (χ4v) is 3.90. The summed E-state index contributed by atoms with van der Waals surface area (Å²) < 4.78 is 1.17. The number of aryl methyl sites for hydroxylation is 1. The fourth-order valence-electron chi connectivity index (χ4n) is 1.59. The molecule has 1 unspecified atom stereocenters. The third-order valence-electron chi connectivity index (χ3n) is 2.56. The molecule has 0 saturated heterocycles. The summed E-state index contributed by atoms with van der Waals surface area (Å²) in [5.74, 6) is 0. The summed E-state index contributed by atoms with van der Waals surface area (Å²) in [7, 11) is 0. The molecule has 0 bridgehead atoms. The molecule has 0 aliphatic heterocycles. The van der Waals surface area contributed by atoms with Crippen molar-refractivity contribution in [1.82, 2.24) is 5.32 Å². The number of hydrogen-bond donors (Lipinski definition) is 2. The van der Waals surface area contributed by atoms with E-state index in [9.17, 15) is 0 Å². The second-order valence-electron chi connectivity index (χ2n) is 3.80. The zero-order chi connectivity index (χ0) is 12.3. The maximum atomic E-state index is 5.84. The average molecular weight is 331 g/mol. The Balaban J connectivity index is 2.01. The van der Waals surface area contributed by atoms with E-state index in [1.165, 1.54) is 19.1 Å². The minimum absolute atomic E-state index is 0.243. The van der Waals surface area contributed by atoms with Crippen molar-refractivity contribution in [2.24, 2.45) is 5.73 Å². The van der Waals surface area contributed by atoms with Gasteiger partial charge in [0.25, 0.3) is 0 Å². The van der Waals surface area contributed by atoms with Crippen LogP contribution in [-0.4, -0.2) is 6.54 Å². The van der Waals surface area contributed by atoms with Crippen LogP contribution in [0.4, 0.5) is 0 Å². The van der Waals surface area contributed by atoms with Crippen LogP contribution in [-0.2, 0) is 6.54 Å². The largest absolute Gasteiger partial charge is 0.329 e. The first-order chi connectivity index (χ1) is 8.20. The van der Waals surface area contributed by atoms with Crippen LogP contribution in [0.2, 0.25) is 0 Å². The van der Waals surface area contributed by atoms with Crippen LogP contribution < -0.4 is 11.1 Å². The van der Waals surface area contributed by atoms with Gasteiger partial charge in [-0.15, -0.1) is 22.7 Å². The topological polar surface area (TPSA) is 38.0 Å². The van der Waals surface area contributed by atoms with Crippen molar-refractivity contribution in [2.75, 3.05) is 6.54 Å². The number of rotatable bonds is 5. The first-order valence-electron chi connectivity index (χ1n) is 5.42. The molecule has 0 amide bonds. The van der Waals surface area contributed by atoms with E-state index in [4.69, 9.17) is 5.73 Å². The lowest BCUT2D eigenvalue weighted by molar-refractivity contribution is 0.553. The van der Waals surface area contributed by atoms with Gasteiger partial charge in [0.2, 0.25) is 0 Å². The van der Waals surface area contributed by atoms with E-state index in [0.717, 1.165) is 6.54 Å². The van der Waals surface area contributed by atoms with Gasteiger partial charge in [-0.3, -0.25) is 0 Å². The summed E-state index contributed by atoms with van der Waals surface area (Å²) in [6.07, 6.45) is 0. The molecule has 0 spiro atoms. The zero-order valence-corrected chi connectivity index (χ0v) is 12.8. The maximum absolute atomic E-state index is 5.84. The molecule has 3 N–H and O–H groups in total. The molecule has 1 atom stereocenters. The normalized spacial score (nSPS) is 12.9. The van der Waals surface area contributed by atoms with Crippen molar-refractivity contribution < 1.29 is 0 Å². The van der Waals surface area contributed by atoms with Crippen LogP contribution in [0.3, 0.4) is 0 Å². The third-order valence-corrected chi connectivity index (χ3v) is 5.68. The van der Waals surface area contributed by atoms with Crippen LogP contribution in [0.25, 0.3) is 0 Å². The van der Waals surface area contributed by atoms with E-state index in [1.54, 1.807) is 22.7 Å². The lowest BCUT2D eigenvalue weighted by Gasteiger charge is -2.14. The molecule has 2 aromatic rings. The summed E-state index contributed by atoms with van der Waals surface area (Å²) in [5, 5.41) is 5.60. The summed E-state index contributed by atoms with van der Waals surface area (Å²) in [5.41, 5.74) is 5.84. The summed E-state index contributed by atoms with van der Waals surface area (Å²) >= 11 is 7.12. The molecule has 0 aliphatic carbocycles. The van der Waals surface area contributed by atoms with E-state index < -0.39 is 0 Å². The fraction of sp³-hybridized carbons (Fsp3) is 0.333. The second kappa shape index (κ2) is 6.11. The van der Waals surface area contributed by atoms with Gasteiger partial charge in [0.05, 0.1) is 6.04 Å². The molecular formula is C12H15BrN2S2.